The maximum absolute atomic E-state index is 6.51. The van der Waals surface area contributed by atoms with E-state index in [1.165, 1.54) is 33.1 Å². The number of fused-ring (bicyclic) bond motifs is 4. The fourth-order valence-electron chi connectivity index (χ4n) is 7.91. The van der Waals surface area contributed by atoms with Gasteiger partial charge in [0.25, 0.3) is 0 Å². The molecular formula is C53H50IrN3OSi. The molecule has 0 bridgehead atoms. The standard InChI is InChI=1S/C38H34N3O.C15H16Si.Ir/c1-22(2)31-20-27(26-13-8-7-9-14-26)21-32(23(3)4)36(31)41-35-25(6)39-24(5)19-33(35)40-38(41)30-17-12-16-29-28-15-10-11-18-34(28)42-37(29)30;1-16(2,3)15-11-9-14(10-12-15)13-7-5-4-6-8-13;/h7-16,18-23H,1-6H3;4-7,9,11-12H,1-3H3;/q-1;-2;+3. The summed E-state index contributed by atoms with van der Waals surface area (Å²) in [6, 6.07) is 54.4. The van der Waals surface area contributed by atoms with Gasteiger partial charge in [-0.15, -0.1) is 29.5 Å². The number of aromatic nitrogens is 3. The van der Waals surface area contributed by atoms with Crippen LogP contribution in [0, 0.1) is 32.0 Å². The molecule has 4 nitrogen and oxygen atoms in total. The minimum absolute atomic E-state index is 0. The molecule has 9 rings (SSSR count). The predicted octanol–water partition coefficient (Wildman–Crippen LogP) is 13.8. The summed E-state index contributed by atoms with van der Waals surface area (Å²) in [5.41, 5.74) is 14.8. The van der Waals surface area contributed by atoms with E-state index >= 15 is 0 Å². The molecule has 6 aromatic carbocycles. The summed E-state index contributed by atoms with van der Waals surface area (Å²) < 4.78 is 8.85. The zero-order valence-corrected chi connectivity index (χ0v) is 38.8. The Morgan fingerprint density at radius 1 is 0.644 bits per heavy atom. The number of benzene rings is 6. The van der Waals surface area contributed by atoms with Crippen LogP contribution in [0.3, 0.4) is 0 Å². The van der Waals surface area contributed by atoms with Gasteiger partial charge in [-0.2, -0.15) is 48.5 Å². The molecule has 0 fully saturated rings. The van der Waals surface area contributed by atoms with E-state index in [9.17, 15) is 0 Å². The first-order valence-corrected chi connectivity index (χ1v) is 23.8. The van der Waals surface area contributed by atoms with Crippen molar-refractivity contribution in [1.29, 1.82) is 0 Å². The van der Waals surface area contributed by atoms with Crippen LogP contribution in [0.25, 0.3) is 72.3 Å². The van der Waals surface area contributed by atoms with E-state index in [1.54, 1.807) is 0 Å². The van der Waals surface area contributed by atoms with E-state index in [1.807, 2.05) is 43.3 Å². The Morgan fingerprint density at radius 2 is 1.32 bits per heavy atom. The molecule has 0 N–H and O–H groups in total. The van der Waals surface area contributed by atoms with Gasteiger partial charge in [0.2, 0.25) is 0 Å². The second kappa shape index (κ2) is 17.1. The molecule has 59 heavy (non-hydrogen) atoms. The molecule has 0 amide bonds. The average Bonchev–Trinajstić information content (AvgIpc) is 3.80. The predicted molar refractivity (Wildman–Crippen MR) is 246 cm³/mol. The van der Waals surface area contributed by atoms with E-state index in [0.717, 1.165) is 66.9 Å². The summed E-state index contributed by atoms with van der Waals surface area (Å²) in [6.45, 7) is 20.3. The zero-order chi connectivity index (χ0) is 40.7. The maximum atomic E-state index is 6.51. The molecule has 9 aromatic rings. The van der Waals surface area contributed by atoms with Crippen LogP contribution in [-0.2, 0) is 20.1 Å². The fourth-order valence-corrected chi connectivity index (χ4v) is 9.00. The van der Waals surface area contributed by atoms with Crippen molar-refractivity contribution in [2.75, 3.05) is 0 Å². The second-order valence-electron chi connectivity index (χ2n) is 16.9. The Kier molecular flexibility index (Phi) is 12.1. The smallest absolute Gasteiger partial charge is 0.501 e. The first-order chi connectivity index (χ1) is 27.9. The molecular weight excluding hydrogens is 915 g/mol. The summed E-state index contributed by atoms with van der Waals surface area (Å²) in [5.74, 6) is 1.37. The molecule has 0 atom stereocenters. The second-order valence-corrected chi connectivity index (χ2v) is 22.0. The van der Waals surface area contributed by atoms with Crippen LogP contribution in [0.4, 0.5) is 0 Å². The number of hydrogen-bond acceptors (Lipinski definition) is 3. The normalized spacial score (nSPS) is 11.6. The molecule has 3 heterocycles. The third-order valence-corrected chi connectivity index (χ3v) is 13.0. The van der Waals surface area contributed by atoms with E-state index in [2.05, 4.69) is 168 Å². The van der Waals surface area contributed by atoms with Crippen LogP contribution in [-0.4, -0.2) is 22.6 Å². The largest absolute Gasteiger partial charge is 3.00 e. The topological polar surface area (TPSA) is 43.9 Å². The number of furan rings is 1. The maximum Gasteiger partial charge on any atom is 3.00 e. The molecule has 0 saturated heterocycles. The summed E-state index contributed by atoms with van der Waals surface area (Å²) in [4.78, 5) is 10.2. The van der Waals surface area contributed by atoms with Gasteiger partial charge in [0.05, 0.1) is 28.1 Å². The summed E-state index contributed by atoms with van der Waals surface area (Å²) in [6.07, 6.45) is 0. The van der Waals surface area contributed by atoms with E-state index in [4.69, 9.17) is 14.4 Å². The first kappa shape index (κ1) is 41.8. The molecule has 0 spiro atoms. The number of imidazole rings is 1. The minimum Gasteiger partial charge on any atom is -0.501 e. The van der Waals surface area contributed by atoms with Crippen molar-refractivity contribution in [3.8, 4) is 39.3 Å². The van der Waals surface area contributed by atoms with Crippen LogP contribution in [0.2, 0.25) is 19.6 Å². The van der Waals surface area contributed by atoms with Gasteiger partial charge in [0, 0.05) is 24.8 Å². The SMILES string of the molecule is C[Si](C)(C)c1c[c-]c(-c2[c-]cccc2)cc1.Cc1cc2nc(-c3[c-]ccc4c3oc3ccccc34)n(-c3c(C(C)C)cc(-c4ccccc4)cc3C(C)C)c2c(C)n1.[Ir+3]. The molecule has 296 valence electrons. The van der Waals surface area contributed by atoms with Crippen LogP contribution in [0.15, 0.2) is 132 Å². The summed E-state index contributed by atoms with van der Waals surface area (Å²) in [5, 5.41) is 3.61. The Morgan fingerprint density at radius 3 is 1.97 bits per heavy atom. The number of aryl methyl sites for hydroxylation is 2. The van der Waals surface area contributed by atoms with Crippen molar-refractivity contribution >= 4 is 46.2 Å². The van der Waals surface area contributed by atoms with Gasteiger partial charge in [-0.1, -0.05) is 107 Å². The van der Waals surface area contributed by atoms with Gasteiger partial charge in [-0.3, -0.25) is 9.97 Å². The van der Waals surface area contributed by atoms with Gasteiger partial charge in [0.15, 0.2) is 0 Å². The molecule has 0 radical (unpaired) electrons. The van der Waals surface area contributed by atoms with E-state index in [-0.39, 0.29) is 31.9 Å². The quantitative estimate of drug-likeness (QED) is 0.118. The van der Waals surface area contributed by atoms with Gasteiger partial charge in [0.1, 0.15) is 5.58 Å². The van der Waals surface area contributed by atoms with Crippen LogP contribution < -0.4 is 5.19 Å². The molecule has 0 saturated carbocycles. The van der Waals surface area contributed by atoms with Crippen molar-refractivity contribution < 1.29 is 24.5 Å². The molecule has 0 aliphatic heterocycles. The molecule has 0 aliphatic rings. The summed E-state index contributed by atoms with van der Waals surface area (Å²) >= 11 is 0. The van der Waals surface area contributed by atoms with Crippen LogP contribution in [0.5, 0.6) is 0 Å². The zero-order valence-electron chi connectivity index (χ0n) is 35.4. The number of nitrogens with zero attached hydrogens (tertiary/aromatic N) is 3. The fraction of sp³-hybridized carbons (Fsp3) is 0.208. The minimum atomic E-state index is -1.20. The number of pyridine rings is 1. The summed E-state index contributed by atoms with van der Waals surface area (Å²) in [7, 11) is -1.20. The van der Waals surface area contributed by atoms with Gasteiger partial charge in [-0.25, -0.2) is 11.1 Å². The number of hydrogen-bond donors (Lipinski definition) is 0. The van der Waals surface area contributed by atoms with Gasteiger partial charge < -0.3 is 8.98 Å². The van der Waals surface area contributed by atoms with E-state index < -0.39 is 8.07 Å². The van der Waals surface area contributed by atoms with Crippen molar-refractivity contribution in [2.45, 2.75) is 73.0 Å². The van der Waals surface area contributed by atoms with Crippen LogP contribution in [0.1, 0.15) is 62.0 Å². The van der Waals surface area contributed by atoms with Crippen molar-refractivity contribution in [3.63, 3.8) is 0 Å². The monoisotopic (exact) mass is 965 g/mol. The van der Waals surface area contributed by atoms with Crippen molar-refractivity contribution in [2.24, 2.45) is 0 Å². The third-order valence-electron chi connectivity index (χ3n) is 10.9. The van der Waals surface area contributed by atoms with Crippen LogP contribution >= 0.6 is 0 Å². The van der Waals surface area contributed by atoms with Gasteiger partial charge in [-0.05, 0) is 72.2 Å². The third kappa shape index (κ3) is 8.27. The Balaban J connectivity index is 0.000000262. The Bertz CT molecular complexity index is 2860. The van der Waals surface area contributed by atoms with Crippen molar-refractivity contribution in [3.05, 3.63) is 168 Å². The Hall–Kier alpha value is -5.39. The molecule has 3 aromatic heterocycles. The number of para-hydroxylation sites is 1. The van der Waals surface area contributed by atoms with Crippen molar-refractivity contribution in [1.82, 2.24) is 14.5 Å². The average molecular weight is 965 g/mol. The van der Waals surface area contributed by atoms with E-state index in [0.29, 0.717) is 0 Å². The Labute approximate surface area is 363 Å². The number of rotatable bonds is 7. The molecule has 0 unspecified atom stereocenters. The molecule has 0 aliphatic carbocycles. The molecule has 6 heteroatoms. The van der Waals surface area contributed by atoms with Gasteiger partial charge >= 0.3 is 20.1 Å². The first-order valence-electron chi connectivity index (χ1n) is 20.3.